The molecule has 0 bridgehead atoms. The summed E-state index contributed by atoms with van der Waals surface area (Å²) in [4.78, 5) is 0. The minimum atomic E-state index is 1.24. The minimum absolute atomic E-state index is 1.24. The van der Waals surface area contributed by atoms with E-state index in [0.29, 0.717) is 0 Å². The topological polar surface area (TPSA) is 0 Å². The molecule has 0 aliphatic rings. The summed E-state index contributed by atoms with van der Waals surface area (Å²) in [6.07, 6.45) is 43.7. The van der Waals surface area contributed by atoms with Gasteiger partial charge in [0.05, 0.1) is 0 Å². The van der Waals surface area contributed by atoms with E-state index < -0.39 is 0 Å². The number of benzene rings is 2. The van der Waals surface area contributed by atoms with Gasteiger partial charge in [0.2, 0.25) is 0 Å². The lowest BCUT2D eigenvalue weighted by Crippen LogP contribution is -1.87. The third-order valence-electron chi connectivity index (χ3n) is 9.38. The first kappa shape index (κ1) is 35.9. The molecule has 41 heavy (non-hydrogen) atoms. The Hall–Kier alpha value is -1.30. The van der Waals surface area contributed by atoms with E-state index in [1.165, 1.54) is 209 Å². The highest BCUT2D eigenvalue weighted by Gasteiger charge is 1.99. The lowest BCUT2D eigenvalue weighted by Gasteiger charge is -2.05. The first-order valence-corrected chi connectivity index (χ1v) is 18.9. The molecule has 2 aromatic carbocycles. The second-order valence-electron chi connectivity index (χ2n) is 13.3. The molecule has 0 atom stereocenters. The summed E-state index contributed by atoms with van der Waals surface area (Å²) in [5.74, 6) is 0. The Kier molecular flexibility index (Phi) is 24.1. The molecule has 0 heterocycles. The number of fused-ring (bicyclic) bond motifs is 1. The number of unbranched alkanes of at least 4 members (excludes halogenated alkanes) is 28. The monoisotopic (exact) mass is 563 g/mol. The fraction of sp³-hybridized carbons (Fsp3) is 0.756. The Morgan fingerprint density at radius 3 is 1.00 bits per heavy atom. The average Bonchev–Trinajstić information content (AvgIpc) is 3.00. The van der Waals surface area contributed by atoms with Crippen LogP contribution in [0.4, 0.5) is 0 Å². The van der Waals surface area contributed by atoms with Gasteiger partial charge in [0.15, 0.2) is 0 Å². The van der Waals surface area contributed by atoms with Crippen molar-refractivity contribution >= 4 is 10.8 Å². The van der Waals surface area contributed by atoms with Crippen LogP contribution in [-0.4, -0.2) is 0 Å². The summed E-state index contributed by atoms with van der Waals surface area (Å²) in [6, 6.07) is 15.7. The molecule has 0 fully saturated rings. The summed E-state index contributed by atoms with van der Waals surface area (Å²) in [6.45, 7) is 2.31. The van der Waals surface area contributed by atoms with Crippen molar-refractivity contribution < 1.29 is 0 Å². The van der Waals surface area contributed by atoms with Gasteiger partial charge in [0, 0.05) is 0 Å². The van der Waals surface area contributed by atoms with Crippen molar-refractivity contribution in [3.05, 3.63) is 48.0 Å². The molecule has 2 aromatic rings. The van der Waals surface area contributed by atoms with Gasteiger partial charge in [0.25, 0.3) is 0 Å². The van der Waals surface area contributed by atoms with E-state index in [-0.39, 0.29) is 0 Å². The van der Waals surface area contributed by atoms with Gasteiger partial charge in [-0.2, -0.15) is 0 Å². The summed E-state index contributed by atoms with van der Waals surface area (Å²) in [5, 5.41) is 2.75. The van der Waals surface area contributed by atoms with Crippen molar-refractivity contribution in [3.63, 3.8) is 0 Å². The van der Waals surface area contributed by atoms with Gasteiger partial charge in [-0.05, 0) is 29.2 Å². The van der Waals surface area contributed by atoms with E-state index in [0.717, 1.165) is 0 Å². The first-order chi connectivity index (χ1) is 20.4. The lowest BCUT2D eigenvalue weighted by molar-refractivity contribution is 0.513. The van der Waals surface area contributed by atoms with Crippen LogP contribution in [0.15, 0.2) is 42.5 Å². The van der Waals surface area contributed by atoms with Crippen LogP contribution >= 0.6 is 0 Å². The van der Waals surface area contributed by atoms with E-state index in [1.54, 1.807) is 0 Å². The lowest BCUT2D eigenvalue weighted by atomic mass is 10.0. The molecule has 2 rings (SSSR count). The predicted molar refractivity (Wildman–Crippen MR) is 187 cm³/mol. The normalized spacial score (nSPS) is 11.5. The van der Waals surface area contributed by atoms with Crippen LogP contribution in [0.1, 0.15) is 199 Å². The second kappa shape index (κ2) is 27.5. The molecule has 0 unspecified atom stereocenters. The van der Waals surface area contributed by atoms with Crippen LogP contribution < -0.4 is 0 Å². The summed E-state index contributed by atoms with van der Waals surface area (Å²) < 4.78 is 0. The number of hydrogen-bond donors (Lipinski definition) is 0. The molecule has 0 spiro atoms. The largest absolute Gasteiger partial charge is 0.0654 e. The molecule has 0 aromatic heterocycles. The molecule has 0 radical (unpaired) electrons. The zero-order valence-corrected chi connectivity index (χ0v) is 27.8. The fourth-order valence-electron chi connectivity index (χ4n) is 6.57. The van der Waals surface area contributed by atoms with Crippen molar-refractivity contribution in [1.82, 2.24) is 0 Å². The third-order valence-corrected chi connectivity index (χ3v) is 9.38. The van der Waals surface area contributed by atoms with Crippen LogP contribution in [0.5, 0.6) is 0 Å². The average molecular weight is 563 g/mol. The molecule has 0 aliphatic carbocycles. The SMILES string of the molecule is CCCCCCCCCCCCCCCCCCCCCCCCCCCCCCCc1ccc2ccccc2c1. The van der Waals surface area contributed by atoms with Gasteiger partial charge in [-0.1, -0.05) is 229 Å². The van der Waals surface area contributed by atoms with E-state index in [1.807, 2.05) is 0 Å². The Morgan fingerprint density at radius 1 is 0.317 bits per heavy atom. The fourth-order valence-corrected chi connectivity index (χ4v) is 6.57. The van der Waals surface area contributed by atoms with E-state index >= 15 is 0 Å². The quantitative estimate of drug-likeness (QED) is 0.0830. The number of rotatable bonds is 30. The van der Waals surface area contributed by atoms with Crippen LogP contribution in [0, 0.1) is 0 Å². The van der Waals surface area contributed by atoms with Gasteiger partial charge in [-0.25, -0.2) is 0 Å². The predicted octanol–water partition coefficient (Wildman–Crippen LogP) is 14.7. The maximum absolute atomic E-state index is 2.39. The van der Waals surface area contributed by atoms with Crippen LogP contribution in [0.3, 0.4) is 0 Å². The van der Waals surface area contributed by atoms with Gasteiger partial charge in [-0.15, -0.1) is 0 Å². The molecular weight excluding hydrogens is 492 g/mol. The van der Waals surface area contributed by atoms with Gasteiger partial charge < -0.3 is 0 Å². The minimum Gasteiger partial charge on any atom is -0.0654 e. The zero-order valence-electron chi connectivity index (χ0n) is 27.8. The Labute approximate surface area is 257 Å². The third kappa shape index (κ3) is 21.1. The molecule has 0 saturated carbocycles. The second-order valence-corrected chi connectivity index (χ2v) is 13.3. The maximum atomic E-state index is 2.39. The van der Waals surface area contributed by atoms with Crippen LogP contribution in [0.2, 0.25) is 0 Å². The van der Waals surface area contributed by atoms with Gasteiger partial charge in [-0.3, -0.25) is 0 Å². The highest BCUT2D eigenvalue weighted by molar-refractivity contribution is 5.82. The highest BCUT2D eigenvalue weighted by Crippen LogP contribution is 2.19. The van der Waals surface area contributed by atoms with Gasteiger partial charge >= 0.3 is 0 Å². The molecule has 0 amide bonds. The van der Waals surface area contributed by atoms with Crippen molar-refractivity contribution in [2.45, 2.75) is 200 Å². The maximum Gasteiger partial charge on any atom is -0.0181 e. The highest BCUT2D eigenvalue weighted by atomic mass is 14.0. The summed E-state index contributed by atoms with van der Waals surface area (Å²) in [7, 11) is 0. The van der Waals surface area contributed by atoms with E-state index in [9.17, 15) is 0 Å². The smallest absolute Gasteiger partial charge is 0.0181 e. The molecule has 234 valence electrons. The zero-order chi connectivity index (χ0) is 28.9. The van der Waals surface area contributed by atoms with Crippen molar-refractivity contribution in [2.24, 2.45) is 0 Å². The molecular formula is C41H70. The van der Waals surface area contributed by atoms with E-state index in [2.05, 4.69) is 49.4 Å². The molecule has 0 saturated heterocycles. The number of hydrogen-bond acceptors (Lipinski definition) is 0. The standard InChI is InChI=1S/C41H70/c1-2-3-4-5-6-7-8-9-10-11-12-13-14-15-16-17-18-19-20-21-22-23-24-25-26-27-28-29-30-33-39-36-37-40-34-31-32-35-41(40)38-39/h31-32,34-38H,2-30,33H2,1H3. The molecule has 0 heteroatoms. The Morgan fingerprint density at radius 2 is 0.634 bits per heavy atom. The van der Waals surface area contributed by atoms with Crippen molar-refractivity contribution in [3.8, 4) is 0 Å². The summed E-state index contributed by atoms with van der Waals surface area (Å²) >= 11 is 0. The Balaban J connectivity index is 1.19. The van der Waals surface area contributed by atoms with Crippen molar-refractivity contribution in [2.75, 3.05) is 0 Å². The number of aryl methyl sites for hydroxylation is 1. The van der Waals surface area contributed by atoms with E-state index in [4.69, 9.17) is 0 Å². The van der Waals surface area contributed by atoms with Crippen LogP contribution in [0.25, 0.3) is 10.8 Å². The van der Waals surface area contributed by atoms with Crippen LogP contribution in [-0.2, 0) is 6.42 Å². The Bertz CT molecular complexity index is 805. The van der Waals surface area contributed by atoms with Gasteiger partial charge in [0.1, 0.15) is 0 Å². The molecule has 0 N–H and O–H groups in total. The van der Waals surface area contributed by atoms with Crippen molar-refractivity contribution in [1.29, 1.82) is 0 Å². The molecule has 0 aliphatic heterocycles. The molecule has 0 nitrogen and oxygen atoms in total. The first-order valence-electron chi connectivity index (χ1n) is 18.9. The summed E-state index contributed by atoms with van der Waals surface area (Å²) in [5.41, 5.74) is 1.51.